The molecule has 1 aliphatic carbocycles. The van der Waals surface area contributed by atoms with Crippen molar-refractivity contribution in [2.24, 2.45) is 5.41 Å². The lowest BCUT2D eigenvalue weighted by molar-refractivity contribution is -0.116. The Bertz CT molecular complexity index is 641. The second kappa shape index (κ2) is 11.8. The molecular weight excluding hydrogens is 330 g/mol. The first-order valence-electron chi connectivity index (χ1n) is 10.5. The van der Waals surface area contributed by atoms with E-state index in [0.717, 1.165) is 25.0 Å². The van der Waals surface area contributed by atoms with Gasteiger partial charge in [-0.2, -0.15) is 0 Å². The number of allylic oxidation sites excluding steroid dienone is 9. The van der Waals surface area contributed by atoms with Crippen molar-refractivity contribution < 1.29 is 4.79 Å². The third-order valence-electron chi connectivity index (χ3n) is 5.21. The van der Waals surface area contributed by atoms with Gasteiger partial charge in [0, 0.05) is 12.6 Å². The number of carbonyl (C=O) groups excluding carboxylic acids is 1. The van der Waals surface area contributed by atoms with Crippen LogP contribution >= 0.6 is 0 Å². The van der Waals surface area contributed by atoms with E-state index in [1.54, 1.807) is 6.08 Å². The van der Waals surface area contributed by atoms with Crippen LogP contribution in [0.2, 0.25) is 0 Å². The van der Waals surface area contributed by atoms with Crippen LogP contribution in [0.1, 0.15) is 80.1 Å². The summed E-state index contributed by atoms with van der Waals surface area (Å²) in [6.45, 7) is 13.9. The number of amides is 1. The molecule has 1 amide bonds. The van der Waals surface area contributed by atoms with Gasteiger partial charge in [-0.15, -0.1) is 0 Å². The lowest BCUT2D eigenvalue weighted by Crippen LogP contribution is -2.22. The van der Waals surface area contributed by atoms with E-state index in [4.69, 9.17) is 0 Å². The van der Waals surface area contributed by atoms with Crippen LogP contribution in [-0.2, 0) is 4.79 Å². The van der Waals surface area contributed by atoms with Gasteiger partial charge in [0.05, 0.1) is 0 Å². The summed E-state index contributed by atoms with van der Waals surface area (Å²) in [5.41, 5.74) is 5.46. The Balaban J connectivity index is 2.60. The lowest BCUT2D eigenvalue weighted by Gasteiger charge is -2.32. The summed E-state index contributed by atoms with van der Waals surface area (Å²) in [7, 11) is 0. The highest BCUT2D eigenvalue weighted by Gasteiger charge is 2.26. The number of carbonyl (C=O) groups is 1. The predicted octanol–water partition coefficient (Wildman–Crippen LogP) is 6.82. The molecule has 1 N–H and O–H groups in total. The van der Waals surface area contributed by atoms with E-state index in [0.29, 0.717) is 0 Å². The highest BCUT2D eigenvalue weighted by molar-refractivity contribution is 5.88. The topological polar surface area (TPSA) is 29.1 Å². The molecule has 1 aliphatic rings. The molecule has 1 rings (SSSR count). The van der Waals surface area contributed by atoms with Crippen molar-refractivity contribution in [3.05, 3.63) is 58.7 Å². The molecule has 0 unspecified atom stereocenters. The van der Waals surface area contributed by atoms with Crippen molar-refractivity contribution in [1.82, 2.24) is 5.32 Å². The van der Waals surface area contributed by atoms with E-state index in [1.165, 1.54) is 42.4 Å². The number of hydrogen-bond acceptors (Lipinski definition) is 1. The molecule has 0 saturated carbocycles. The van der Waals surface area contributed by atoms with Crippen LogP contribution in [0.4, 0.5) is 0 Å². The van der Waals surface area contributed by atoms with Gasteiger partial charge in [-0.25, -0.2) is 0 Å². The second-order valence-corrected chi connectivity index (χ2v) is 8.42. The molecule has 0 aromatic rings. The normalized spacial score (nSPS) is 18.6. The average molecular weight is 370 g/mol. The maximum Gasteiger partial charge on any atom is 0.244 e. The molecule has 0 bridgehead atoms. The smallest absolute Gasteiger partial charge is 0.244 e. The van der Waals surface area contributed by atoms with Crippen LogP contribution in [0.5, 0.6) is 0 Å². The first kappa shape index (κ1) is 23.2. The van der Waals surface area contributed by atoms with Gasteiger partial charge in [0.1, 0.15) is 0 Å². The summed E-state index contributed by atoms with van der Waals surface area (Å²) in [6.07, 6.45) is 19.4. The first-order valence-corrected chi connectivity index (χ1v) is 10.5. The van der Waals surface area contributed by atoms with Crippen LogP contribution in [0.3, 0.4) is 0 Å². The Morgan fingerprint density at radius 1 is 1.15 bits per heavy atom. The summed E-state index contributed by atoms with van der Waals surface area (Å²) in [5, 5.41) is 2.94. The molecule has 150 valence electrons. The quantitative estimate of drug-likeness (QED) is 0.269. The molecule has 27 heavy (non-hydrogen) atoms. The molecule has 0 aliphatic heterocycles. The Labute approximate surface area is 167 Å². The monoisotopic (exact) mass is 369 g/mol. The van der Waals surface area contributed by atoms with Crippen LogP contribution in [0.25, 0.3) is 0 Å². The maximum atomic E-state index is 11.8. The zero-order chi connectivity index (χ0) is 20.3. The second-order valence-electron chi connectivity index (χ2n) is 8.42. The number of hydrogen-bond donors (Lipinski definition) is 1. The van der Waals surface area contributed by atoms with Gasteiger partial charge in [-0.3, -0.25) is 4.79 Å². The molecule has 2 heteroatoms. The third-order valence-corrected chi connectivity index (χ3v) is 5.21. The molecule has 2 nitrogen and oxygen atoms in total. The van der Waals surface area contributed by atoms with Crippen molar-refractivity contribution in [2.45, 2.75) is 80.1 Å². The lowest BCUT2D eigenvalue weighted by atomic mass is 9.72. The summed E-state index contributed by atoms with van der Waals surface area (Å²) in [4.78, 5) is 11.8. The van der Waals surface area contributed by atoms with Crippen molar-refractivity contribution in [3.8, 4) is 0 Å². The SMILES string of the molecule is CCCCCNC(=O)C=C(C)C=CC=C(C)C=CC1=C(C)CCCC1(C)C. The van der Waals surface area contributed by atoms with Gasteiger partial charge < -0.3 is 5.32 Å². The van der Waals surface area contributed by atoms with Gasteiger partial charge in [0.15, 0.2) is 0 Å². The van der Waals surface area contributed by atoms with Crippen LogP contribution in [0, 0.1) is 5.41 Å². The van der Waals surface area contributed by atoms with Crippen LogP contribution in [0.15, 0.2) is 58.7 Å². The highest BCUT2D eigenvalue weighted by atomic mass is 16.1. The van der Waals surface area contributed by atoms with E-state index in [2.05, 4.69) is 58.2 Å². The predicted molar refractivity (Wildman–Crippen MR) is 119 cm³/mol. The minimum atomic E-state index is -0.00390. The third kappa shape index (κ3) is 9.08. The summed E-state index contributed by atoms with van der Waals surface area (Å²) >= 11 is 0. The fourth-order valence-electron chi connectivity index (χ4n) is 3.52. The molecule has 0 radical (unpaired) electrons. The molecule has 0 aromatic heterocycles. The summed E-state index contributed by atoms with van der Waals surface area (Å²) in [6, 6.07) is 0. The van der Waals surface area contributed by atoms with E-state index < -0.39 is 0 Å². The van der Waals surface area contributed by atoms with Crippen molar-refractivity contribution in [2.75, 3.05) is 6.54 Å². The van der Waals surface area contributed by atoms with E-state index >= 15 is 0 Å². The number of nitrogens with one attached hydrogen (secondary N) is 1. The molecule has 0 saturated heterocycles. The number of rotatable bonds is 9. The molecule has 0 aromatic carbocycles. The standard InChI is InChI=1S/C25H39NO/c1-7-8-9-18-26-24(27)19-21(3)13-10-12-20(2)15-16-23-22(4)14-11-17-25(23,5)6/h10,12-13,15-16,19H,7-9,11,14,17-18H2,1-6H3,(H,26,27). The van der Waals surface area contributed by atoms with Crippen LogP contribution < -0.4 is 5.32 Å². The van der Waals surface area contributed by atoms with Gasteiger partial charge in [-0.1, -0.05) is 75.1 Å². The van der Waals surface area contributed by atoms with Gasteiger partial charge in [-0.05, 0) is 63.0 Å². The first-order chi connectivity index (χ1) is 12.8. The van der Waals surface area contributed by atoms with E-state index in [9.17, 15) is 4.79 Å². The molecule has 0 spiro atoms. The largest absolute Gasteiger partial charge is 0.353 e. The Morgan fingerprint density at radius 3 is 2.56 bits per heavy atom. The van der Waals surface area contributed by atoms with E-state index in [1.807, 2.05) is 19.1 Å². The molecule has 0 fully saturated rings. The molecule has 0 heterocycles. The van der Waals surface area contributed by atoms with Gasteiger partial charge in [0.25, 0.3) is 0 Å². The summed E-state index contributed by atoms with van der Waals surface area (Å²) in [5.74, 6) is -0.00390. The van der Waals surface area contributed by atoms with Crippen molar-refractivity contribution in [1.29, 1.82) is 0 Å². The fraction of sp³-hybridized carbons (Fsp3) is 0.560. The van der Waals surface area contributed by atoms with Gasteiger partial charge >= 0.3 is 0 Å². The van der Waals surface area contributed by atoms with Crippen LogP contribution in [-0.4, -0.2) is 12.5 Å². The van der Waals surface area contributed by atoms with Gasteiger partial charge in [0.2, 0.25) is 5.91 Å². The average Bonchev–Trinajstić information content (AvgIpc) is 2.57. The van der Waals surface area contributed by atoms with Crippen molar-refractivity contribution >= 4 is 5.91 Å². The maximum absolute atomic E-state index is 11.8. The summed E-state index contributed by atoms with van der Waals surface area (Å²) < 4.78 is 0. The van der Waals surface area contributed by atoms with Crippen molar-refractivity contribution in [3.63, 3.8) is 0 Å². The Hall–Kier alpha value is -1.83. The Kier molecular flexibility index (Phi) is 10.1. The number of unbranched alkanes of at least 4 members (excludes halogenated alkanes) is 2. The molecule has 0 atom stereocenters. The minimum Gasteiger partial charge on any atom is -0.353 e. The zero-order valence-corrected chi connectivity index (χ0v) is 18.3. The fourth-order valence-corrected chi connectivity index (χ4v) is 3.52. The zero-order valence-electron chi connectivity index (χ0n) is 18.3. The highest BCUT2D eigenvalue weighted by Crippen LogP contribution is 2.40. The Morgan fingerprint density at radius 2 is 1.89 bits per heavy atom. The molecular formula is C25H39NO. The minimum absolute atomic E-state index is 0.00390. The van der Waals surface area contributed by atoms with E-state index in [-0.39, 0.29) is 11.3 Å².